The van der Waals surface area contributed by atoms with Crippen LogP contribution < -0.4 is 14.7 Å². The van der Waals surface area contributed by atoms with Crippen LogP contribution >= 0.6 is 0 Å². The summed E-state index contributed by atoms with van der Waals surface area (Å²) in [7, 11) is -2.93. The minimum atomic E-state index is -2.93. The first-order valence-electron chi connectivity index (χ1n) is 14.2. The van der Waals surface area contributed by atoms with Gasteiger partial charge in [0.1, 0.15) is 47.3 Å². The van der Waals surface area contributed by atoms with E-state index in [0.29, 0.717) is 34.1 Å². The maximum Gasteiger partial charge on any atom is 0.369 e. The van der Waals surface area contributed by atoms with Crippen molar-refractivity contribution in [1.29, 1.82) is 21.0 Å². The van der Waals surface area contributed by atoms with E-state index in [2.05, 4.69) is 0 Å². The summed E-state index contributed by atoms with van der Waals surface area (Å²) in [5.41, 5.74) is 2.84. The first-order valence-corrected chi connectivity index (χ1v) is 16.5. The Bertz CT molecular complexity index is 1910. The first kappa shape index (κ1) is 31.2. The van der Waals surface area contributed by atoms with Crippen LogP contribution in [0.25, 0.3) is 0 Å². The van der Waals surface area contributed by atoms with Crippen molar-refractivity contribution in [2.45, 2.75) is 19.8 Å². The van der Waals surface area contributed by atoms with Crippen molar-refractivity contribution in [2.24, 2.45) is 0 Å². The van der Waals surface area contributed by atoms with Crippen molar-refractivity contribution in [2.75, 3.05) is 0 Å². The van der Waals surface area contributed by atoms with E-state index in [-0.39, 0.29) is 24.3 Å². The van der Waals surface area contributed by atoms with Crippen LogP contribution in [0.2, 0.25) is 6.55 Å². The van der Waals surface area contributed by atoms with E-state index in [1.165, 1.54) is 0 Å². The highest BCUT2D eigenvalue weighted by atomic mass is 28.4. The van der Waals surface area contributed by atoms with E-state index < -0.39 is 8.56 Å². The first-order chi connectivity index (χ1) is 22.4. The quantitative estimate of drug-likeness (QED) is 0.139. The molecule has 0 N–H and O–H groups in total. The molecule has 0 bridgehead atoms. The van der Waals surface area contributed by atoms with Gasteiger partial charge in [0.25, 0.3) is 0 Å². The molecule has 0 heterocycles. The molecule has 5 aromatic carbocycles. The van der Waals surface area contributed by atoms with Crippen LogP contribution in [-0.4, -0.2) is 8.56 Å². The molecule has 0 aliphatic heterocycles. The largest absolute Gasteiger partial charge is 0.457 e. The van der Waals surface area contributed by atoms with Crippen molar-refractivity contribution >= 4 is 13.7 Å². The molecule has 5 rings (SSSR count). The summed E-state index contributed by atoms with van der Waals surface area (Å²) in [5, 5.41) is 38.0. The van der Waals surface area contributed by atoms with Crippen molar-refractivity contribution in [1.82, 2.24) is 0 Å². The molecule has 0 spiro atoms. The second-order valence-corrected chi connectivity index (χ2v) is 13.3. The summed E-state index contributed by atoms with van der Waals surface area (Å²) in [4.78, 5) is 0. The summed E-state index contributed by atoms with van der Waals surface area (Å²) in [6.07, 6.45) is 0. The van der Waals surface area contributed by atoms with Crippen LogP contribution in [0.1, 0.15) is 33.4 Å². The summed E-state index contributed by atoms with van der Waals surface area (Å²) in [6, 6.07) is 42.4. The molecule has 0 radical (unpaired) electrons. The van der Waals surface area contributed by atoms with Crippen molar-refractivity contribution in [3.8, 4) is 47.3 Å². The fourth-order valence-corrected chi connectivity index (χ4v) is 6.71. The molecule has 0 unspecified atom stereocenters. The average molecular weight is 619 g/mol. The molecule has 8 nitrogen and oxygen atoms in total. The van der Waals surface area contributed by atoms with Crippen LogP contribution in [-0.2, 0) is 22.1 Å². The summed E-state index contributed by atoms with van der Waals surface area (Å²) in [6.45, 7) is 2.55. The number of hydrogen-bond donors (Lipinski definition) is 0. The zero-order valence-corrected chi connectivity index (χ0v) is 25.8. The normalized spacial score (nSPS) is 10.5. The van der Waals surface area contributed by atoms with Gasteiger partial charge in [-0.3, -0.25) is 0 Å². The van der Waals surface area contributed by atoms with Crippen molar-refractivity contribution in [3.63, 3.8) is 0 Å². The highest BCUT2D eigenvalue weighted by Gasteiger charge is 2.34. The Kier molecular flexibility index (Phi) is 9.85. The second kappa shape index (κ2) is 14.5. The number of rotatable bonds is 11. The molecule has 0 saturated carbocycles. The predicted molar refractivity (Wildman–Crippen MR) is 172 cm³/mol. The third kappa shape index (κ3) is 7.65. The fourth-order valence-electron chi connectivity index (χ4n) is 4.61. The van der Waals surface area contributed by atoms with Crippen molar-refractivity contribution in [3.05, 3.63) is 149 Å². The number of nitrogens with zero attached hydrogens (tertiary/aromatic N) is 4. The molecule has 0 amide bonds. The number of hydrogen-bond acceptors (Lipinski definition) is 8. The molecule has 222 valence electrons. The predicted octanol–water partition coefficient (Wildman–Crippen LogP) is 7.47. The van der Waals surface area contributed by atoms with Crippen LogP contribution in [0.5, 0.6) is 23.0 Å². The Morgan fingerprint density at radius 2 is 0.913 bits per heavy atom. The number of benzene rings is 5. The van der Waals surface area contributed by atoms with Gasteiger partial charge >= 0.3 is 8.56 Å². The van der Waals surface area contributed by atoms with Gasteiger partial charge < -0.3 is 18.3 Å². The van der Waals surface area contributed by atoms with E-state index in [1.807, 2.05) is 110 Å². The van der Waals surface area contributed by atoms with Gasteiger partial charge in [0.15, 0.2) is 0 Å². The van der Waals surface area contributed by atoms with Gasteiger partial charge in [-0.05, 0) is 83.5 Å². The van der Waals surface area contributed by atoms with E-state index >= 15 is 0 Å². The zero-order valence-electron chi connectivity index (χ0n) is 24.8. The van der Waals surface area contributed by atoms with E-state index in [9.17, 15) is 21.0 Å². The Labute approximate surface area is 268 Å². The monoisotopic (exact) mass is 618 g/mol. The molecule has 0 saturated heterocycles. The molecule has 0 atom stereocenters. The molecule has 0 fully saturated rings. The Morgan fingerprint density at radius 1 is 0.478 bits per heavy atom. The molecule has 5 aromatic rings. The van der Waals surface area contributed by atoms with Gasteiger partial charge in [0, 0.05) is 0 Å². The van der Waals surface area contributed by atoms with Crippen LogP contribution in [0.4, 0.5) is 0 Å². The lowest BCUT2D eigenvalue weighted by Gasteiger charge is -2.28. The molecule has 0 aromatic heterocycles. The van der Waals surface area contributed by atoms with Crippen LogP contribution in [0.3, 0.4) is 0 Å². The van der Waals surface area contributed by atoms with Gasteiger partial charge in [-0.25, -0.2) is 0 Å². The molecule has 0 aliphatic rings. The average Bonchev–Trinajstić information content (AvgIpc) is 3.10. The third-order valence-electron chi connectivity index (χ3n) is 7.06. The molecule has 9 heteroatoms. The van der Waals surface area contributed by atoms with E-state index in [0.717, 1.165) is 16.3 Å². The third-order valence-corrected chi connectivity index (χ3v) is 9.83. The Balaban J connectivity index is 1.29. The van der Waals surface area contributed by atoms with E-state index in [1.54, 1.807) is 36.4 Å². The highest BCUT2D eigenvalue weighted by molar-refractivity contribution is 6.79. The maximum atomic E-state index is 9.34. The highest BCUT2D eigenvalue weighted by Crippen LogP contribution is 2.27. The number of nitriles is 4. The minimum absolute atomic E-state index is 0.251. The van der Waals surface area contributed by atoms with Gasteiger partial charge in [-0.1, -0.05) is 54.6 Å². The zero-order chi connectivity index (χ0) is 32.4. The van der Waals surface area contributed by atoms with Gasteiger partial charge in [0.05, 0.1) is 35.5 Å². The van der Waals surface area contributed by atoms with Gasteiger partial charge in [-0.2, -0.15) is 21.0 Å². The SMILES string of the molecule is C[Si](OCc1cccc(Oc2ccc(C#N)c(C#N)c2)c1)(OCc1cccc(Oc2ccc(C#N)c(C#N)c2)c1)c1ccccc1. The van der Waals surface area contributed by atoms with Crippen LogP contribution in [0.15, 0.2) is 115 Å². The van der Waals surface area contributed by atoms with Gasteiger partial charge in [0.2, 0.25) is 0 Å². The van der Waals surface area contributed by atoms with Gasteiger partial charge in [-0.15, -0.1) is 0 Å². The fraction of sp³-hybridized carbons (Fsp3) is 0.0811. The maximum absolute atomic E-state index is 9.34. The Morgan fingerprint density at radius 3 is 1.35 bits per heavy atom. The lowest BCUT2D eigenvalue weighted by Crippen LogP contribution is -2.50. The molecule has 46 heavy (non-hydrogen) atoms. The summed E-state index contributed by atoms with van der Waals surface area (Å²) in [5.74, 6) is 2.05. The van der Waals surface area contributed by atoms with E-state index in [4.69, 9.17) is 18.3 Å². The topological polar surface area (TPSA) is 132 Å². The molecule has 0 aliphatic carbocycles. The lowest BCUT2D eigenvalue weighted by molar-refractivity contribution is 0.170. The smallest absolute Gasteiger partial charge is 0.369 e. The second-order valence-electron chi connectivity index (χ2n) is 10.3. The lowest BCUT2D eigenvalue weighted by atomic mass is 10.1. The minimum Gasteiger partial charge on any atom is -0.457 e. The van der Waals surface area contributed by atoms with Crippen molar-refractivity contribution < 1.29 is 18.3 Å². The summed E-state index contributed by atoms with van der Waals surface area (Å²) < 4.78 is 25.1. The number of ether oxygens (including phenoxy) is 2. The summed E-state index contributed by atoms with van der Waals surface area (Å²) >= 11 is 0. The standard InChI is InChI=1S/C37H26N4O4Si/c1-46(37-11-3-2-4-12-37,42-25-27-7-5-9-33(17-27)44-35-15-13-29(21-38)31(19-35)23-40)43-26-28-8-6-10-34(18-28)45-36-16-14-30(22-39)32(20-36)24-41/h2-20H,25-26H2,1H3. The molecular formula is C37H26N4O4Si. The molecular weight excluding hydrogens is 593 g/mol. The Hall–Kier alpha value is -6.20. The van der Waals surface area contributed by atoms with Crippen LogP contribution in [0, 0.1) is 45.3 Å².